The van der Waals surface area contributed by atoms with Gasteiger partial charge in [0.15, 0.2) is 5.88 Å². The highest BCUT2D eigenvalue weighted by Crippen LogP contribution is 2.32. The fourth-order valence-electron chi connectivity index (χ4n) is 4.03. The number of fused-ring (bicyclic) bond motifs is 1. The van der Waals surface area contributed by atoms with Crippen molar-refractivity contribution >= 4 is 39.9 Å². The van der Waals surface area contributed by atoms with Gasteiger partial charge in [-0.1, -0.05) is 36.4 Å². The Labute approximate surface area is 215 Å². The largest absolute Gasteiger partial charge is 0.494 e. The number of aromatic amines is 1. The van der Waals surface area contributed by atoms with E-state index in [1.54, 1.807) is 37.1 Å². The van der Waals surface area contributed by atoms with E-state index in [0.29, 0.717) is 34.6 Å². The number of carbonyl (C=O) groups is 2. The van der Waals surface area contributed by atoms with Crippen molar-refractivity contribution < 1.29 is 19.4 Å². The minimum absolute atomic E-state index is 0.0165. The number of anilines is 1. The normalized spacial score (nSPS) is 11.6. The Morgan fingerprint density at radius 3 is 2.30 bits per heavy atom. The van der Waals surface area contributed by atoms with Crippen LogP contribution in [0.15, 0.2) is 77.8 Å². The van der Waals surface area contributed by atoms with E-state index in [-0.39, 0.29) is 18.4 Å². The van der Waals surface area contributed by atoms with Crippen molar-refractivity contribution in [1.29, 1.82) is 0 Å². The average Bonchev–Trinajstić information content (AvgIpc) is 3.22. The molecule has 0 aliphatic rings. The summed E-state index contributed by atoms with van der Waals surface area (Å²) in [4.78, 5) is 35.9. The number of benzene rings is 3. The lowest BCUT2D eigenvalue weighted by Crippen LogP contribution is -2.34. The predicted molar refractivity (Wildman–Crippen MR) is 146 cm³/mol. The Bertz CT molecular complexity index is 1440. The Kier molecular flexibility index (Phi) is 7.69. The number of esters is 1. The molecule has 0 saturated heterocycles. The second kappa shape index (κ2) is 11.1. The molecule has 0 radical (unpaired) electrons. The van der Waals surface area contributed by atoms with Gasteiger partial charge in [0.25, 0.3) is 0 Å². The molecule has 0 aliphatic carbocycles. The first-order valence-corrected chi connectivity index (χ1v) is 12.0. The van der Waals surface area contributed by atoms with Crippen molar-refractivity contribution in [3.63, 3.8) is 0 Å². The van der Waals surface area contributed by atoms with E-state index in [1.807, 2.05) is 73.6 Å². The molecule has 8 nitrogen and oxygen atoms in total. The molecule has 2 N–H and O–H groups in total. The molecule has 1 heterocycles. The second-order valence-electron chi connectivity index (χ2n) is 8.86. The van der Waals surface area contributed by atoms with E-state index >= 15 is 0 Å². The van der Waals surface area contributed by atoms with Crippen LogP contribution in [0.25, 0.3) is 10.9 Å². The molecule has 0 spiro atoms. The number of nitrogens with zero attached hydrogens (tertiary/aromatic N) is 3. The zero-order chi connectivity index (χ0) is 26.5. The number of amides is 1. The van der Waals surface area contributed by atoms with Crippen molar-refractivity contribution in [3.8, 4) is 5.88 Å². The van der Waals surface area contributed by atoms with Crippen molar-refractivity contribution in [2.75, 3.05) is 39.2 Å². The maximum absolute atomic E-state index is 12.4. The lowest BCUT2D eigenvalue weighted by atomic mass is 10.00. The number of aliphatic imine (C=N–C) groups is 1. The van der Waals surface area contributed by atoms with Crippen LogP contribution < -0.4 is 4.90 Å². The number of carbonyl (C=O) groups excluding carboxylic acids is 2. The molecule has 1 aromatic heterocycles. The van der Waals surface area contributed by atoms with Gasteiger partial charge in [0.2, 0.25) is 5.91 Å². The first-order chi connectivity index (χ1) is 17.8. The van der Waals surface area contributed by atoms with Crippen LogP contribution >= 0.6 is 0 Å². The molecule has 37 heavy (non-hydrogen) atoms. The number of hydrogen-bond acceptors (Lipinski definition) is 6. The van der Waals surface area contributed by atoms with Gasteiger partial charge < -0.3 is 24.6 Å². The van der Waals surface area contributed by atoms with Crippen LogP contribution in [0, 0.1) is 0 Å². The zero-order valence-corrected chi connectivity index (χ0v) is 21.4. The lowest BCUT2D eigenvalue weighted by Gasteiger charge is -2.19. The van der Waals surface area contributed by atoms with E-state index in [4.69, 9.17) is 9.73 Å². The first-order valence-electron chi connectivity index (χ1n) is 12.0. The minimum Gasteiger partial charge on any atom is -0.494 e. The summed E-state index contributed by atoms with van der Waals surface area (Å²) in [5.41, 5.74) is 4.32. The van der Waals surface area contributed by atoms with Gasteiger partial charge in [-0.15, -0.1) is 0 Å². The molecular weight excluding hydrogens is 468 g/mol. The first kappa shape index (κ1) is 25.7. The predicted octanol–water partition coefficient (Wildman–Crippen LogP) is 4.74. The monoisotopic (exact) mass is 498 g/mol. The van der Waals surface area contributed by atoms with Gasteiger partial charge in [0.1, 0.15) is 0 Å². The summed E-state index contributed by atoms with van der Waals surface area (Å²) in [6.45, 7) is 2.34. The minimum atomic E-state index is -0.425. The third kappa shape index (κ3) is 5.70. The number of H-pyrrole nitrogens is 1. The van der Waals surface area contributed by atoms with E-state index in [1.165, 1.54) is 0 Å². The summed E-state index contributed by atoms with van der Waals surface area (Å²) in [6.07, 6.45) is 0. The van der Waals surface area contributed by atoms with Crippen LogP contribution in [0.5, 0.6) is 5.88 Å². The molecular formula is C29H30N4O4. The molecule has 0 atom stereocenters. The lowest BCUT2D eigenvalue weighted by molar-refractivity contribution is -0.118. The molecule has 1 amide bonds. The smallest absolute Gasteiger partial charge is 0.338 e. The van der Waals surface area contributed by atoms with Crippen LogP contribution in [0.3, 0.4) is 0 Å². The molecule has 0 aliphatic heterocycles. The molecule has 0 saturated carbocycles. The highest BCUT2D eigenvalue weighted by Gasteiger charge is 2.20. The molecule has 0 unspecified atom stereocenters. The number of nitrogens with one attached hydrogen (secondary N) is 1. The Balaban J connectivity index is 1.76. The molecule has 3 aromatic carbocycles. The Morgan fingerprint density at radius 1 is 0.946 bits per heavy atom. The quantitative estimate of drug-likeness (QED) is 0.270. The zero-order valence-electron chi connectivity index (χ0n) is 21.4. The van der Waals surface area contributed by atoms with Gasteiger partial charge in [0.05, 0.1) is 35.7 Å². The highest BCUT2D eigenvalue weighted by molar-refractivity contribution is 6.22. The summed E-state index contributed by atoms with van der Waals surface area (Å²) in [7, 11) is 5.45. The molecule has 4 rings (SSSR count). The Hall–Kier alpha value is -4.43. The molecule has 0 fully saturated rings. The number of aromatic hydroxyl groups is 1. The number of hydrogen-bond donors (Lipinski definition) is 2. The SMILES string of the molecule is CCOC(=O)c1ccc2c(C(=Nc3ccc(N(C)C(=O)CN(C)C)cc3)c3ccccc3)c(O)[nH]c2c1. The highest BCUT2D eigenvalue weighted by atomic mass is 16.5. The number of likely N-dealkylation sites (N-methyl/N-ethyl adjacent to an activating group) is 2. The summed E-state index contributed by atoms with van der Waals surface area (Å²) >= 11 is 0. The summed E-state index contributed by atoms with van der Waals surface area (Å²) < 4.78 is 5.10. The topological polar surface area (TPSA) is 98.2 Å². The van der Waals surface area contributed by atoms with Gasteiger partial charge in [-0.2, -0.15) is 0 Å². The third-order valence-corrected chi connectivity index (χ3v) is 5.88. The summed E-state index contributed by atoms with van der Waals surface area (Å²) in [5.74, 6) is -0.493. The molecule has 4 aromatic rings. The van der Waals surface area contributed by atoms with E-state index in [0.717, 1.165) is 16.6 Å². The van der Waals surface area contributed by atoms with Gasteiger partial charge in [0, 0.05) is 29.2 Å². The molecule has 190 valence electrons. The van der Waals surface area contributed by atoms with Gasteiger partial charge in [-0.05, 0) is 57.4 Å². The van der Waals surface area contributed by atoms with Crippen LogP contribution in [0.4, 0.5) is 11.4 Å². The van der Waals surface area contributed by atoms with Crippen LogP contribution in [-0.2, 0) is 9.53 Å². The number of rotatable bonds is 8. The maximum Gasteiger partial charge on any atom is 0.338 e. The standard InChI is InChI=1S/C29H30N4O4/c1-5-37-29(36)20-11-16-23-24(17-20)31-28(35)26(23)27(19-9-7-6-8-10-19)30-21-12-14-22(15-13-21)33(4)25(34)18-32(2)3/h6-17,31,35H,5,18H2,1-4H3. The molecule has 8 heteroatoms. The van der Waals surface area contributed by atoms with E-state index in [2.05, 4.69) is 4.98 Å². The van der Waals surface area contributed by atoms with Gasteiger partial charge >= 0.3 is 5.97 Å². The van der Waals surface area contributed by atoms with Crippen LogP contribution in [0.1, 0.15) is 28.4 Å². The van der Waals surface area contributed by atoms with E-state index in [9.17, 15) is 14.7 Å². The number of ether oxygens (including phenoxy) is 1. The second-order valence-corrected chi connectivity index (χ2v) is 8.86. The Morgan fingerprint density at radius 2 is 1.65 bits per heavy atom. The fraction of sp³-hybridized carbons (Fsp3) is 0.207. The fourth-order valence-corrected chi connectivity index (χ4v) is 4.03. The van der Waals surface area contributed by atoms with Crippen molar-refractivity contribution in [1.82, 2.24) is 9.88 Å². The third-order valence-electron chi connectivity index (χ3n) is 5.88. The van der Waals surface area contributed by atoms with Crippen molar-refractivity contribution in [3.05, 3.63) is 89.5 Å². The van der Waals surface area contributed by atoms with Crippen LogP contribution in [0.2, 0.25) is 0 Å². The van der Waals surface area contributed by atoms with Gasteiger partial charge in [-0.25, -0.2) is 9.79 Å². The number of aromatic nitrogens is 1. The average molecular weight is 499 g/mol. The summed E-state index contributed by atoms with van der Waals surface area (Å²) in [6, 6.07) is 22.0. The summed E-state index contributed by atoms with van der Waals surface area (Å²) in [5, 5.41) is 11.6. The molecule has 0 bridgehead atoms. The maximum atomic E-state index is 12.4. The van der Waals surface area contributed by atoms with Crippen molar-refractivity contribution in [2.24, 2.45) is 4.99 Å². The van der Waals surface area contributed by atoms with Crippen LogP contribution in [-0.4, -0.2) is 66.9 Å². The van der Waals surface area contributed by atoms with Crippen molar-refractivity contribution in [2.45, 2.75) is 6.92 Å². The van der Waals surface area contributed by atoms with Gasteiger partial charge in [-0.3, -0.25) is 4.79 Å². The van der Waals surface area contributed by atoms with E-state index < -0.39 is 5.97 Å².